The van der Waals surface area contributed by atoms with Crippen LogP contribution >= 0.6 is 0 Å². The molecule has 0 atom stereocenters. The van der Waals surface area contributed by atoms with Gasteiger partial charge in [0.2, 0.25) is 0 Å². The summed E-state index contributed by atoms with van der Waals surface area (Å²) in [4.78, 5) is 0. The van der Waals surface area contributed by atoms with Gasteiger partial charge >= 0.3 is 0 Å². The van der Waals surface area contributed by atoms with E-state index in [0.29, 0.717) is 0 Å². The second kappa shape index (κ2) is 14.0. The molecule has 1 rings (SSSR count). The average Bonchev–Trinajstić information content (AvgIpc) is 2.45. The summed E-state index contributed by atoms with van der Waals surface area (Å²) in [5.74, 6) is 0.973. The Bertz CT molecular complexity index is 312. The Morgan fingerprint density at radius 1 is 0.810 bits per heavy atom. The third-order valence-corrected chi connectivity index (χ3v) is 4.06. The molecule has 0 spiro atoms. The number of ether oxygens (including phenoxy) is 1. The normalized spacial score (nSPS) is 15.6. The molecule has 0 aromatic heterocycles. The first-order valence-electron chi connectivity index (χ1n) is 9.13. The lowest BCUT2D eigenvalue weighted by Crippen LogP contribution is -1.88. The highest BCUT2D eigenvalue weighted by atomic mass is 16.5. The van der Waals surface area contributed by atoms with E-state index >= 15 is 0 Å². The van der Waals surface area contributed by atoms with E-state index in [1.54, 1.807) is 6.26 Å². The van der Waals surface area contributed by atoms with Crippen LogP contribution in [0.1, 0.15) is 90.4 Å². The number of allylic oxidation sites excluding steroid dienone is 4. The quantitative estimate of drug-likeness (QED) is 0.311. The molecular formula is C20H34O. The first-order chi connectivity index (χ1) is 10.4. The van der Waals surface area contributed by atoms with Crippen LogP contribution in [-0.2, 0) is 4.74 Å². The van der Waals surface area contributed by atoms with Crippen LogP contribution in [0, 0.1) is 0 Å². The zero-order chi connectivity index (χ0) is 15.0. The molecule has 1 nitrogen and oxygen atoms in total. The van der Waals surface area contributed by atoms with Crippen molar-refractivity contribution in [2.24, 2.45) is 0 Å². The predicted octanol–water partition coefficient (Wildman–Crippen LogP) is 7.06. The van der Waals surface area contributed by atoms with E-state index < -0.39 is 0 Å². The Morgan fingerprint density at radius 2 is 1.33 bits per heavy atom. The van der Waals surface area contributed by atoms with E-state index in [1.165, 1.54) is 83.5 Å². The zero-order valence-corrected chi connectivity index (χ0v) is 14.0. The molecule has 1 heterocycles. The Labute approximate surface area is 132 Å². The van der Waals surface area contributed by atoms with Gasteiger partial charge in [-0.25, -0.2) is 0 Å². The minimum absolute atomic E-state index is 0.973. The summed E-state index contributed by atoms with van der Waals surface area (Å²) < 4.78 is 5.08. The van der Waals surface area contributed by atoms with Gasteiger partial charge in [-0.15, -0.1) is 0 Å². The maximum atomic E-state index is 5.08. The molecule has 0 aromatic rings. The Kier molecular flexibility index (Phi) is 12.0. The van der Waals surface area contributed by atoms with Crippen molar-refractivity contribution in [2.75, 3.05) is 0 Å². The van der Waals surface area contributed by atoms with Crippen LogP contribution in [0.25, 0.3) is 0 Å². The lowest BCUT2D eigenvalue weighted by Gasteiger charge is -2.06. The molecule has 120 valence electrons. The Morgan fingerprint density at radius 3 is 1.81 bits per heavy atom. The molecule has 0 aliphatic carbocycles. The molecule has 0 N–H and O–H groups in total. The molecule has 0 radical (unpaired) electrons. The maximum Gasteiger partial charge on any atom is 0.129 e. The van der Waals surface area contributed by atoms with E-state index in [4.69, 9.17) is 4.74 Å². The van der Waals surface area contributed by atoms with Crippen LogP contribution in [-0.4, -0.2) is 0 Å². The highest BCUT2D eigenvalue weighted by molar-refractivity contribution is 5.23. The fraction of sp³-hybridized carbons (Fsp3) is 0.700. The summed E-state index contributed by atoms with van der Waals surface area (Å²) in [6, 6.07) is 0. The zero-order valence-electron chi connectivity index (χ0n) is 14.0. The molecule has 0 saturated heterocycles. The van der Waals surface area contributed by atoms with Crippen molar-refractivity contribution in [1.82, 2.24) is 0 Å². The Balaban J connectivity index is 1.71. The van der Waals surface area contributed by atoms with Gasteiger partial charge in [0.05, 0.1) is 6.26 Å². The monoisotopic (exact) mass is 290 g/mol. The van der Waals surface area contributed by atoms with Crippen LogP contribution in [0.3, 0.4) is 0 Å². The lowest BCUT2D eigenvalue weighted by molar-refractivity contribution is 0.326. The SMILES string of the molecule is CCCCCCCCCCCCCC/C=C\C=C1\C=CO1. The molecule has 1 heteroatoms. The van der Waals surface area contributed by atoms with Gasteiger partial charge in [0.1, 0.15) is 5.76 Å². The van der Waals surface area contributed by atoms with Crippen LogP contribution in [0.2, 0.25) is 0 Å². The topological polar surface area (TPSA) is 9.23 Å². The third-order valence-electron chi connectivity index (χ3n) is 4.06. The molecule has 1 aliphatic heterocycles. The second-order valence-electron chi connectivity index (χ2n) is 6.10. The molecule has 0 unspecified atom stereocenters. The summed E-state index contributed by atoms with van der Waals surface area (Å²) in [7, 11) is 0. The molecule has 0 aromatic carbocycles. The summed E-state index contributed by atoms with van der Waals surface area (Å²) in [5.41, 5.74) is 0. The van der Waals surface area contributed by atoms with Gasteiger partial charge in [-0.2, -0.15) is 0 Å². The van der Waals surface area contributed by atoms with E-state index in [2.05, 4.69) is 19.1 Å². The number of hydrogen-bond acceptors (Lipinski definition) is 1. The van der Waals surface area contributed by atoms with Crippen LogP contribution in [0.5, 0.6) is 0 Å². The van der Waals surface area contributed by atoms with Crippen molar-refractivity contribution < 1.29 is 4.74 Å². The van der Waals surface area contributed by atoms with Gasteiger partial charge < -0.3 is 4.74 Å². The standard InChI is InChI=1S/C20H34O/c1-2-3-4-5-6-7-8-9-10-11-12-13-14-15-16-17-20-18-19-21-20/h15-19H,2-14H2,1H3/b16-15-,20-17-. The molecule has 0 fully saturated rings. The van der Waals surface area contributed by atoms with Crippen LogP contribution in [0.15, 0.2) is 36.3 Å². The fourth-order valence-electron chi connectivity index (χ4n) is 2.60. The summed E-state index contributed by atoms with van der Waals surface area (Å²) in [6.07, 6.45) is 28.3. The second-order valence-corrected chi connectivity index (χ2v) is 6.10. The van der Waals surface area contributed by atoms with Gasteiger partial charge in [0.15, 0.2) is 0 Å². The summed E-state index contributed by atoms with van der Waals surface area (Å²) in [5, 5.41) is 0. The van der Waals surface area contributed by atoms with Crippen molar-refractivity contribution in [2.45, 2.75) is 90.4 Å². The van der Waals surface area contributed by atoms with E-state index in [-0.39, 0.29) is 0 Å². The van der Waals surface area contributed by atoms with E-state index in [1.807, 2.05) is 12.2 Å². The minimum atomic E-state index is 0.973. The molecule has 1 aliphatic rings. The van der Waals surface area contributed by atoms with Crippen molar-refractivity contribution in [3.8, 4) is 0 Å². The first kappa shape index (κ1) is 18.1. The van der Waals surface area contributed by atoms with E-state index in [9.17, 15) is 0 Å². The highest BCUT2D eigenvalue weighted by Gasteiger charge is 1.96. The van der Waals surface area contributed by atoms with Crippen LogP contribution < -0.4 is 0 Å². The highest BCUT2D eigenvalue weighted by Crippen LogP contribution is 2.13. The van der Waals surface area contributed by atoms with Crippen molar-refractivity contribution in [3.05, 3.63) is 36.3 Å². The molecule has 0 bridgehead atoms. The van der Waals surface area contributed by atoms with E-state index in [0.717, 1.165) is 5.76 Å². The average molecular weight is 290 g/mol. The van der Waals surface area contributed by atoms with Gasteiger partial charge in [0, 0.05) is 6.08 Å². The minimum Gasteiger partial charge on any atom is -0.465 e. The third kappa shape index (κ3) is 11.4. The van der Waals surface area contributed by atoms with Crippen molar-refractivity contribution in [3.63, 3.8) is 0 Å². The van der Waals surface area contributed by atoms with Gasteiger partial charge in [-0.3, -0.25) is 0 Å². The number of unbranched alkanes of at least 4 members (excludes halogenated alkanes) is 12. The van der Waals surface area contributed by atoms with Gasteiger partial charge in [-0.1, -0.05) is 89.7 Å². The summed E-state index contributed by atoms with van der Waals surface area (Å²) in [6.45, 7) is 2.28. The molecular weight excluding hydrogens is 256 g/mol. The smallest absolute Gasteiger partial charge is 0.129 e. The molecule has 21 heavy (non-hydrogen) atoms. The number of rotatable bonds is 14. The van der Waals surface area contributed by atoms with Crippen LogP contribution in [0.4, 0.5) is 0 Å². The molecule has 0 amide bonds. The van der Waals surface area contributed by atoms with Gasteiger partial charge in [-0.05, 0) is 18.9 Å². The fourth-order valence-corrected chi connectivity index (χ4v) is 2.60. The largest absolute Gasteiger partial charge is 0.465 e. The summed E-state index contributed by atoms with van der Waals surface area (Å²) >= 11 is 0. The Hall–Kier alpha value is -0.980. The van der Waals surface area contributed by atoms with Crippen molar-refractivity contribution >= 4 is 0 Å². The lowest BCUT2D eigenvalue weighted by atomic mass is 10.0. The van der Waals surface area contributed by atoms with Crippen molar-refractivity contribution in [1.29, 1.82) is 0 Å². The van der Waals surface area contributed by atoms with Gasteiger partial charge in [0.25, 0.3) is 0 Å². The molecule has 0 saturated carbocycles. The first-order valence-corrected chi connectivity index (χ1v) is 9.13. The predicted molar refractivity (Wildman–Crippen MR) is 93.1 cm³/mol. The number of hydrogen-bond donors (Lipinski definition) is 0. The maximum absolute atomic E-state index is 5.08.